The van der Waals surface area contributed by atoms with Gasteiger partial charge < -0.3 is 4.98 Å². The lowest BCUT2D eigenvalue weighted by Crippen LogP contribution is -2.10. The fourth-order valence-corrected chi connectivity index (χ4v) is 2.30. The Morgan fingerprint density at radius 3 is 2.60 bits per heavy atom. The highest BCUT2D eigenvalue weighted by Crippen LogP contribution is 2.23. The summed E-state index contributed by atoms with van der Waals surface area (Å²) in [5, 5.41) is 6.98. The highest BCUT2D eigenvalue weighted by atomic mass is 16.1. The normalized spacial score (nSPS) is 11.4. The molecule has 0 aliphatic carbocycles. The first-order valence-electron chi connectivity index (χ1n) is 6.62. The molecule has 5 heteroatoms. The summed E-state index contributed by atoms with van der Waals surface area (Å²) in [7, 11) is 0. The SMILES string of the molecule is Cc1ccccc1-c1nc2c(C(C)C)[nH]nc2c(=O)[nH]1. The maximum absolute atomic E-state index is 12.1. The number of aromatic nitrogens is 4. The molecule has 0 aliphatic heterocycles. The molecule has 3 aromatic rings. The fraction of sp³-hybridized carbons (Fsp3) is 0.267. The second-order valence-corrected chi connectivity index (χ2v) is 5.22. The van der Waals surface area contributed by atoms with Gasteiger partial charge in [0.15, 0.2) is 5.52 Å². The molecule has 0 spiro atoms. The van der Waals surface area contributed by atoms with Gasteiger partial charge in [0, 0.05) is 5.56 Å². The Hall–Kier alpha value is -2.43. The van der Waals surface area contributed by atoms with E-state index in [1.54, 1.807) is 0 Å². The molecule has 102 valence electrons. The van der Waals surface area contributed by atoms with Crippen LogP contribution in [0, 0.1) is 6.92 Å². The third-order valence-corrected chi connectivity index (χ3v) is 3.42. The molecular formula is C15H16N4O. The largest absolute Gasteiger partial charge is 0.305 e. The summed E-state index contributed by atoms with van der Waals surface area (Å²) in [5.74, 6) is 0.822. The number of nitrogens with one attached hydrogen (secondary N) is 2. The van der Waals surface area contributed by atoms with Gasteiger partial charge in [-0.3, -0.25) is 9.89 Å². The van der Waals surface area contributed by atoms with E-state index in [0.717, 1.165) is 16.8 Å². The van der Waals surface area contributed by atoms with E-state index >= 15 is 0 Å². The third kappa shape index (κ3) is 1.91. The molecule has 0 saturated carbocycles. The quantitative estimate of drug-likeness (QED) is 0.750. The predicted octanol–water partition coefficient (Wildman–Crippen LogP) is 2.75. The molecule has 5 nitrogen and oxygen atoms in total. The van der Waals surface area contributed by atoms with E-state index in [2.05, 4.69) is 20.2 Å². The van der Waals surface area contributed by atoms with Crippen LogP contribution in [0.3, 0.4) is 0 Å². The van der Waals surface area contributed by atoms with Crippen molar-refractivity contribution in [3.8, 4) is 11.4 Å². The summed E-state index contributed by atoms with van der Waals surface area (Å²) in [6, 6.07) is 7.85. The number of benzene rings is 1. The van der Waals surface area contributed by atoms with Crippen LogP contribution in [0.15, 0.2) is 29.1 Å². The zero-order valence-electron chi connectivity index (χ0n) is 11.7. The topological polar surface area (TPSA) is 74.4 Å². The maximum atomic E-state index is 12.1. The molecule has 0 fully saturated rings. The average molecular weight is 268 g/mol. The minimum Gasteiger partial charge on any atom is -0.305 e. The Morgan fingerprint density at radius 2 is 1.90 bits per heavy atom. The number of nitrogens with zero attached hydrogens (tertiary/aromatic N) is 2. The van der Waals surface area contributed by atoms with Gasteiger partial charge >= 0.3 is 0 Å². The summed E-state index contributed by atoms with van der Waals surface area (Å²) in [6.45, 7) is 6.09. The van der Waals surface area contributed by atoms with Gasteiger partial charge in [-0.1, -0.05) is 38.1 Å². The Balaban J connectivity index is 2.31. The molecule has 2 heterocycles. The van der Waals surface area contributed by atoms with Gasteiger partial charge in [0.1, 0.15) is 11.3 Å². The van der Waals surface area contributed by atoms with Crippen LogP contribution in [0.1, 0.15) is 31.0 Å². The first kappa shape index (κ1) is 12.6. The van der Waals surface area contributed by atoms with E-state index in [9.17, 15) is 4.79 Å². The Kier molecular flexibility index (Phi) is 2.89. The van der Waals surface area contributed by atoms with Crippen LogP contribution in [-0.4, -0.2) is 20.2 Å². The number of H-pyrrole nitrogens is 2. The molecule has 2 N–H and O–H groups in total. The summed E-state index contributed by atoms with van der Waals surface area (Å²) in [4.78, 5) is 19.6. The van der Waals surface area contributed by atoms with Crippen molar-refractivity contribution in [2.75, 3.05) is 0 Å². The van der Waals surface area contributed by atoms with Gasteiger partial charge in [-0.25, -0.2) is 4.98 Å². The molecule has 2 aromatic heterocycles. The Morgan fingerprint density at radius 1 is 1.15 bits per heavy atom. The second-order valence-electron chi connectivity index (χ2n) is 5.22. The van der Waals surface area contributed by atoms with Crippen LogP contribution in [0.4, 0.5) is 0 Å². The lowest BCUT2D eigenvalue weighted by atomic mass is 10.1. The molecule has 0 amide bonds. The Labute approximate surface area is 116 Å². The molecule has 1 aromatic carbocycles. The number of aryl methyl sites for hydroxylation is 1. The van der Waals surface area contributed by atoms with E-state index in [1.807, 2.05) is 45.0 Å². The number of fused-ring (bicyclic) bond motifs is 1. The van der Waals surface area contributed by atoms with Crippen molar-refractivity contribution in [3.63, 3.8) is 0 Å². The first-order chi connectivity index (χ1) is 9.58. The van der Waals surface area contributed by atoms with Crippen molar-refractivity contribution in [1.82, 2.24) is 20.2 Å². The van der Waals surface area contributed by atoms with Gasteiger partial charge in [-0.2, -0.15) is 5.10 Å². The summed E-state index contributed by atoms with van der Waals surface area (Å²) in [5.41, 5.74) is 3.71. The molecule has 0 saturated heterocycles. The van der Waals surface area contributed by atoms with Crippen LogP contribution >= 0.6 is 0 Å². The zero-order chi connectivity index (χ0) is 14.3. The number of hydrogen-bond donors (Lipinski definition) is 2. The van der Waals surface area contributed by atoms with Crippen LogP contribution < -0.4 is 5.56 Å². The van der Waals surface area contributed by atoms with Gasteiger partial charge in [0.05, 0.1) is 5.69 Å². The molecule has 0 bridgehead atoms. The minimum atomic E-state index is -0.212. The summed E-state index contributed by atoms with van der Waals surface area (Å²) >= 11 is 0. The zero-order valence-corrected chi connectivity index (χ0v) is 11.7. The van der Waals surface area contributed by atoms with E-state index in [0.29, 0.717) is 16.9 Å². The lowest BCUT2D eigenvalue weighted by molar-refractivity contribution is 0.815. The smallest absolute Gasteiger partial charge is 0.279 e. The highest BCUT2D eigenvalue weighted by Gasteiger charge is 2.15. The first-order valence-corrected chi connectivity index (χ1v) is 6.62. The van der Waals surface area contributed by atoms with Crippen molar-refractivity contribution >= 4 is 11.0 Å². The van der Waals surface area contributed by atoms with E-state index in [-0.39, 0.29) is 11.5 Å². The van der Waals surface area contributed by atoms with Crippen molar-refractivity contribution in [3.05, 3.63) is 45.9 Å². The van der Waals surface area contributed by atoms with Crippen molar-refractivity contribution in [2.24, 2.45) is 0 Å². The van der Waals surface area contributed by atoms with E-state index in [4.69, 9.17) is 0 Å². The fourth-order valence-electron chi connectivity index (χ4n) is 2.30. The van der Waals surface area contributed by atoms with Gasteiger partial charge in [-0.15, -0.1) is 0 Å². The summed E-state index contributed by atoms with van der Waals surface area (Å²) in [6.07, 6.45) is 0. The van der Waals surface area contributed by atoms with Gasteiger partial charge in [0.2, 0.25) is 0 Å². The van der Waals surface area contributed by atoms with Crippen LogP contribution in [0.25, 0.3) is 22.4 Å². The predicted molar refractivity (Wildman–Crippen MR) is 78.8 cm³/mol. The standard InChI is InChI=1S/C15H16N4O/c1-8(2)11-12-13(19-18-11)15(20)17-14(16-12)10-7-5-4-6-9(10)3/h4-8H,1-3H3,(H,18,19)(H,16,17,20). The number of aromatic amines is 2. The van der Waals surface area contributed by atoms with E-state index in [1.165, 1.54) is 0 Å². The highest BCUT2D eigenvalue weighted by molar-refractivity contribution is 5.78. The molecule has 0 unspecified atom stereocenters. The van der Waals surface area contributed by atoms with Crippen molar-refractivity contribution < 1.29 is 0 Å². The monoisotopic (exact) mass is 268 g/mol. The average Bonchev–Trinajstić information content (AvgIpc) is 2.83. The van der Waals surface area contributed by atoms with Crippen molar-refractivity contribution in [1.29, 1.82) is 0 Å². The van der Waals surface area contributed by atoms with Gasteiger partial charge in [-0.05, 0) is 18.4 Å². The molecule has 0 atom stereocenters. The molecule has 0 aliphatic rings. The Bertz CT molecular complexity index is 829. The van der Waals surface area contributed by atoms with Crippen molar-refractivity contribution in [2.45, 2.75) is 26.7 Å². The lowest BCUT2D eigenvalue weighted by Gasteiger charge is -2.06. The third-order valence-electron chi connectivity index (χ3n) is 3.42. The van der Waals surface area contributed by atoms with Crippen LogP contribution in [0.5, 0.6) is 0 Å². The molecule has 3 rings (SSSR count). The molecule has 20 heavy (non-hydrogen) atoms. The minimum absolute atomic E-state index is 0.212. The van der Waals surface area contributed by atoms with Crippen LogP contribution in [-0.2, 0) is 0 Å². The van der Waals surface area contributed by atoms with Gasteiger partial charge in [0.25, 0.3) is 5.56 Å². The second kappa shape index (κ2) is 4.59. The molecule has 0 radical (unpaired) electrons. The van der Waals surface area contributed by atoms with E-state index < -0.39 is 0 Å². The summed E-state index contributed by atoms with van der Waals surface area (Å²) < 4.78 is 0. The molecular weight excluding hydrogens is 252 g/mol. The maximum Gasteiger partial charge on any atom is 0.279 e. The van der Waals surface area contributed by atoms with Crippen LogP contribution in [0.2, 0.25) is 0 Å². The number of hydrogen-bond acceptors (Lipinski definition) is 3. The number of rotatable bonds is 2.